The summed E-state index contributed by atoms with van der Waals surface area (Å²) in [6.45, 7) is 12.3. The van der Waals surface area contributed by atoms with Gasteiger partial charge in [-0.1, -0.05) is 39.3 Å². The van der Waals surface area contributed by atoms with Gasteiger partial charge >= 0.3 is 0 Å². The van der Waals surface area contributed by atoms with E-state index in [-0.39, 0.29) is 11.3 Å². The molecule has 2 aliphatic rings. The molecule has 4 nitrogen and oxygen atoms in total. The average Bonchev–Trinajstić information content (AvgIpc) is 2.41. The molecule has 0 aliphatic heterocycles. The van der Waals surface area contributed by atoms with Crippen LogP contribution in [-0.4, -0.2) is 38.4 Å². The number of fused-ring (bicyclic) bond motifs is 2. The summed E-state index contributed by atoms with van der Waals surface area (Å²) < 4.78 is 6.29. The molecule has 2 rings (SSSR count). The standard InChI is InChI=1S/C21H38O4/c1-7-19(23)12-20(24)9-8-10-21(13-19,14-20)25-17(22)16(11-15(2)3)18(4,5)6/h11,16-17,22-24H,7-10,12-14H2,1-6H3. The van der Waals surface area contributed by atoms with Crippen molar-refractivity contribution in [2.75, 3.05) is 0 Å². The van der Waals surface area contributed by atoms with E-state index >= 15 is 0 Å². The minimum absolute atomic E-state index is 0.140. The molecule has 5 atom stereocenters. The molecule has 0 spiro atoms. The Morgan fingerprint density at radius 3 is 2.28 bits per heavy atom. The zero-order chi connectivity index (χ0) is 19.1. The molecule has 4 heteroatoms. The molecule has 2 saturated carbocycles. The fraction of sp³-hybridized carbons (Fsp3) is 0.905. The zero-order valence-electron chi connectivity index (χ0n) is 16.9. The number of aliphatic hydroxyl groups is 3. The van der Waals surface area contributed by atoms with Gasteiger partial charge in [-0.05, 0) is 44.9 Å². The lowest BCUT2D eigenvalue weighted by molar-refractivity contribution is -0.280. The highest BCUT2D eigenvalue weighted by atomic mass is 16.6. The van der Waals surface area contributed by atoms with Crippen LogP contribution in [0.2, 0.25) is 0 Å². The van der Waals surface area contributed by atoms with Crippen molar-refractivity contribution in [3.63, 3.8) is 0 Å². The van der Waals surface area contributed by atoms with Crippen molar-refractivity contribution < 1.29 is 20.1 Å². The van der Waals surface area contributed by atoms with E-state index in [1.807, 2.05) is 20.8 Å². The van der Waals surface area contributed by atoms with Crippen LogP contribution in [0.15, 0.2) is 11.6 Å². The second-order valence-corrected chi connectivity index (χ2v) is 10.0. The van der Waals surface area contributed by atoms with Crippen LogP contribution in [0.5, 0.6) is 0 Å². The Hall–Kier alpha value is -0.420. The molecule has 0 aromatic heterocycles. The maximum Gasteiger partial charge on any atom is 0.162 e. The van der Waals surface area contributed by atoms with Crippen LogP contribution in [0, 0.1) is 11.3 Å². The highest BCUT2D eigenvalue weighted by molar-refractivity contribution is 5.09. The van der Waals surface area contributed by atoms with E-state index in [9.17, 15) is 15.3 Å². The fourth-order valence-corrected chi connectivity index (χ4v) is 4.93. The van der Waals surface area contributed by atoms with E-state index in [0.717, 1.165) is 18.4 Å². The number of rotatable bonds is 5. The highest BCUT2D eigenvalue weighted by Gasteiger charge is 2.56. The third kappa shape index (κ3) is 4.85. The predicted octanol–water partition coefficient (Wildman–Crippen LogP) is 3.93. The lowest BCUT2D eigenvalue weighted by Crippen LogP contribution is -2.61. The molecule has 2 aliphatic carbocycles. The minimum Gasteiger partial charge on any atom is -0.390 e. The predicted molar refractivity (Wildman–Crippen MR) is 100 cm³/mol. The molecule has 0 amide bonds. The van der Waals surface area contributed by atoms with Gasteiger partial charge in [0.05, 0.1) is 16.8 Å². The monoisotopic (exact) mass is 354 g/mol. The van der Waals surface area contributed by atoms with Crippen molar-refractivity contribution in [2.24, 2.45) is 11.3 Å². The van der Waals surface area contributed by atoms with Gasteiger partial charge in [-0.25, -0.2) is 0 Å². The van der Waals surface area contributed by atoms with Crippen LogP contribution in [0.25, 0.3) is 0 Å². The van der Waals surface area contributed by atoms with Crippen LogP contribution in [0.4, 0.5) is 0 Å². The summed E-state index contributed by atoms with van der Waals surface area (Å²) >= 11 is 0. The second kappa shape index (κ2) is 6.95. The lowest BCUT2D eigenvalue weighted by atomic mass is 9.60. The normalized spacial score (nSPS) is 38.1. The van der Waals surface area contributed by atoms with Gasteiger partial charge in [0.1, 0.15) is 0 Å². The Kier molecular flexibility index (Phi) is 5.81. The summed E-state index contributed by atoms with van der Waals surface area (Å²) in [6.07, 6.45) is 5.47. The molecule has 25 heavy (non-hydrogen) atoms. The van der Waals surface area contributed by atoms with Crippen LogP contribution >= 0.6 is 0 Å². The number of hydrogen-bond donors (Lipinski definition) is 3. The quantitative estimate of drug-likeness (QED) is 0.517. The summed E-state index contributed by atoms with van der Waals surface area (Å²) in [5, 5.41) is 32.8. The van der Waals surface area contributed by atoms with E-state index in [0.29, 0.717) is 32.1 Å². The molecule has 0 heterocycles. The van der Waals surface area contributed by atoms with Crippen LogP contribution in [0.3, 0.4) is 0 Å². The third-order valence-corrected chi connectivity index (χ3v) is 6.08. The molecule has 5 unspecified atom stereocenters. The van der Waals surface area contributed by atoms with Crippen LogP contribution in [-0.2, 0) is 4.74 Å². The van der Waals surface area contributed by atoms with Crippen molar-refractivity contribution in [2.45, 2.75) is 110 Å². The summed E-state index contributed by atoms with van der Waals surface area (Å²) in [7, 11) is 0. The van der Waals surface area contributed by atoms with Crippen molar-refractivity contribution in [3.05, 3.63) is 11.6 Å². The van der Waals surface area contributed by atoms with Gasteiger partial charge < -0.3 is 20.1 Å². The molecule has 0 aromatic carbocycles. The van der Waals surface area contributed by atoms with E-state index in [1.54, 1.807) is 0 Å². The van der Waals surface area contributed by atoms with Gasteiger partial charge in [0.15, 0.2) is 6.29 Å². The minimum atomic E-state index is -0.948. The average molecular weight is 355 g/mol. The maximum atomic E-state index is 11.0. The third-order valence-electron chi connectivity index (χ3n) is 6.08. The number of hydrogen-bond acceptors (Lipinski definition) is 4. The van der Waals surface area contributed by atoms with E-state index in [1.165, 1.54) is 0 Å². The first-order valence-electron chi connectivity index (χ1n) is 9.78. The van der Waals surface area contributed by atoms with Gasteiger partial charge in [-0.2, -0.15) is 0 Å². The smallest absolute Gasteiger partial charge is 0.162 e. The Morgan fingerprint density at radius 1 is 1.12 bits per heavy atom. The zero-order valence-corrected chi connectivity index (χ0v) is 16.9. The first-order chi connectivity index (χ1) is 11.3. The summed E-state index contributed by atoms with van der Waals surface area (Å²) in [5.41, 5.74) is -1.44. The van der Waals surface area contributed by atoms with E-state index < -0.39 is 23.1 Å². The lowest BCUT2D eigenvalue weighted by Gasteiger charge is -2.56. The van der Waals surface area contributed by atoms with Gasteiger partial charge in [0.25, 0.3) is 0 Å². The molecule has 146 valence electrons. The first kappa shape index (κ1) is 20.9. The summed E-state index contributed by atoms with van der Waals surface area (Å²) in [4.78, 5) is 0. The van der Waals surface area contributed by atoms with Gasteiger partial charge in [0.2, 0.25) is 0 Å². The Labute approximate surface area is 153 Å². The van der Waals surface area contributed by atoms with E-state index in [2.05, 4.69) is 26.8 Å². The molecular weight excluding hydrogens is 316 g/mol. The largest absolute Gasteiger partial charge is 0.390 e. The Balaban J connectivity index is 2.27. The number of ether oxygens (including phenoxy) is 1. The van der Waals surface area contributed by atoms with Crippen LogP contribution in [0.1, 0.15) is 86.5 Å². The molecule has 0 aromatic rings. The maximum absolute atomic E-state index is 11.0. The summed E-state index contributed by atoms with van der Waals surface area (Å²) in [6, 6.07) is 0. The number of aliphatic hydroxyl groups excluding tert-OH is 1. The first-order valence-corrected chi connectivity index (χ1v) is 9.78. The van der Waals surface area contributed by atoms with Gasteiger partial charge in [0, 0.05) is 25.2 Å². The van der Waals surface area contributed by atoms with E-state index in [4.69, 9.17) is 4.74 Å². The molecule has 3 N–H and O–H groups in total. The molecule has 0 saturated heterocycles. The highest BCUT2D eigenvalue weighted by Crippen LogP contribution is 2.53. The topological polar surface area (TPSA) is 69.9 Å². The van der Waals surface area contributed by atoms with Crippen molar-refractivity contribution in [3.8, 4) is 0 Å². The fourth-order valence-electron chi connectivity index (χ4n) is 4.93. The SMILES string of the molecule is CCC1(O)CC2(O)CCCC(OC(O)C(C=C(C)C)C(C)(C)C)(C1)C2. The summed E-state index contributed by atoms with van der Waals surface area (Å²) in [5.74, 6) is -0.140. The Bertz CT molecular complexity index is 503. The van der Waals surface area contributed by atoms with Crippen molar-refractivity contribution in [1.29, 1.82) is 0 Å². The molecule has 2 fully saturated rings. The number of allylic oxidation sites excluding steroid dienone is 1. The van der Waals surface area contributed by atoms with Crippen molar-refractivity contribution in [1.82, 2.24) is 0 Å². The van der Waals surface area contributed by atoms with Gasteiger partial charge in [-0.15, -0.1) is 0 Å². The Morgan fingerprint density at radius 2 is 1.76 bits per heavy atom. The second-order valence-electron chi connectivity index (χ2n) is 10.0. The van der Waals surface area contributed by atoms with Crippen LogP contribution < -0.4 is 0 Å². The molecule has 0 radical (unpaired) electrons. The van der Waals surface area contributed by atoms with Gasteiger partial charge in [-0.3, -0.25) is 0 Å². The molecule has 2 bridgehead atoms. The molecular formula is C21H38O4. The van der Waals surface area contributed by atoms with Crippen molar-refractivity contribution >= 4 is 0 Å².